The van der Waals surface area contributed by atoms with Crippen LogP contribution >= 0.6 is 11.6 Å². The molecule has 2 aromatic rings. The first-order chi connectivity index (χ1) is 14.0. The minimum absolute atomic E-state index is 0.134. The summed E-state index contributed by atoms with van der Waals surface area (Å²) in [5.74, 6) is 1.06. The van der Waals surface area contributed by atoms with Gasteiger partial charge in [-0.3, -0.25) is 9.69 Å². The number of hydrogen-bond acceptors (Lipinski definition) is 4. The first kappa shape index (κ1) is 21.0. The van der Waals surface area contributed by atoms with E-state index < -0.39 is 0 Å². The molecule has 8 heteroatoms. The van der Waals surface area contributed by atoms with Gasteiger partial charge in [-0.15, -0.1) is 0 Å². The Labute approximate surface area is 175 Å². The second kappa shape index (κ2) is 10.1. The molecule has 2 amide bonds. The lowest BCUT2D eigenvalue weighted by Gasteiger charge is -2.31. The van der Waals surface area contributed by atoms with Gasteiger partial charge in [0.25, 0.3) is 5.91 Å². The highest BCUT2D eigenvalue weighted by Gasteiger charge is 2.26. The summed E-state index contributed by atoms with van der Waals surface area (Å²) in [6.07, 6.45) is -0.294. The molecule has 1 heterocycles. The molecule has 0 saturated carbocycles. The number of ether oxygens (including phenoxy) is 2. The van der Waals surface area contributed by atoms with E-state index in [0.29, 0.717) is 61.5 Å². The van der Waals surface area contributed by atoms with E-state index in [4.69, 9.17) is 21.1 Å². The minimum atomic E-state index is -0.294. The Morgan fingerprint density at radius 1 is 1.14 bits per heavy atom. The van der Waals surface area contributed by atoms with Crippen LogP contribution in [0, 0.1) is 0 Å². The van der Waals surface area contributed by atoms with E-state index >= 15 is 0 Å². The van der Waals surface area contributed by atoms with E-state index in [1.54, 1.807) is 30.0 Å². The highest BCUT2D eigenvalue weighted by Crippen LogP contribution is 2.31. The zero-order valence-electron chi connectivity index (χ0n) is 16.3. The first-order valence-electron chi connectivity index (χ1n) is 9.62. The number of benzene rings is 2. The number of rotatable bonds is 6. The van der Waals surface area contributed by atoms with Crippen LogP contribution in [-0.4, -0.2) is 56.2 Å². The number of anilines is 1. The van der Waals surface area contributed by atoms with E-state index in [2.05, 4.69) is 5.32 Å². The van der Waals surface area contributed by atoms with Crippen LogP contribution in [0.5, 0.6) is 11.5 Å². The van der Waals surface area contributed by atoms with E-state index in [9.17, 15) is 9.59 Å². The molecule has 29 heavy (non-hydrogen) atoms. The monoisotopic (exact) mass is 418 g/mol. The van der Waals surface area contributed by atoms with E-state index in [0.717, 1.165) is 4.90 Å². The summed E-state index contributed by atoms with van der Waals surface area (Å²) in [6, 6.07) is 14.5. The number of quaternary nitrogens is 1. The van der Waals surface area contributed by atoms with E-state index in [1.807, 2.05) is 30.3 Å². The maximum Gasteiger partial charge on any atom is 0.410 e. The van der Waals surface area contributed by atoms with Crippen LogP contribution in [0.3, 0.4) is 0 Å². The number of carbonyl (C=O) groups is 2. The van der Waals surface area contributed by atoms with Crippen molar-refractivity contribution >= 4 is 29.3 Å². The average Bonchev–Trinajstić information content (AvgIpc) is 2.71. The number of halogens is 1. The average molecular weight is 419 g/mol. The number of para-hydroxylation sites is 1. The molecular formula is C21H25ClN3O4+. The maximum atomic E-state index is 12.6. The van der Waals surface area contributed by atoms with Crippen molar-refractivity contribution in [3.05, 3.63) is 53.6 Å². The predicted octanol–water partition coefficient (Wildman–Crippen LogP) is 2.43. The van der Waals surface area contributed by atoms with Gasteiger partial charge < -0.3 is 19.7 Å². The highest BCUT2D eigenvalue weighted by atomic mass is 35.5. The summed E-state index contributed by atoms with van der Waals surface area (Å²) >= 11 is 6.11. The van der Waals surface area contributed by atoms with Crippen LogP contribution in [0.4, 0.5) is 10.5 Å². The number of amides is 2. The molecule has 2 N–H and O–H groups in total. The second-order valence-corrected chi connectivity index (χ2v) is 7.15. The van der Waals surface area contributed by atoms with Gasteiger partial charge in [-0.25, -0.2) is 4.79 Å². The van der Waals surface area contributed by atoms with Gasteiger partial charge in [0.1, 0.15) is 5.75 Å². The molecule has 1 aliphatic rings. The van der Waals surface area contributed by atoms with Gasteiger partial charge in [0.05, 0.1) is 38.5 Å². The Bertz CT molecular complexity index is 839. The third kappa shape index (κ3) is 6.10. The lowest BCUT2D eigenvalue weighted by molar-refractivity contribution is -0.895. The zero-order valence-corrected chi connectivity index (χ0v) is 17.1. The summed E-state index contributed by atoms with van der Waals surface area (Å²) < 4.78 is 10.9. The Morgan fingerprint density at radius 3 is 2.55 bits per heavy atom. The zero-order chi connectivity index (χ0) is 20.6. The summed E-state index contributed by atoms with van der Waals surface area (Å²) in [5.41, 5.74) is 0.524. The molecule has 0 spiro atoms. The number of piperazine rings is 1. The van der Waals surface area contributed by atoms with Gasteiger partial charge in [-0.1, -0.05) is 29.8 Å². The van der Waals surface area contributed by atoms with Crippen molar-refractivity contribution in [3.8, 4) is 11.5 Å². The maximum absolute atomic E-state index is 12.6. The van der Waals surface area contributed by atoms with Crippen LogP contribution in [0.2, 0.25) is 5.02 Å². The lowest BCUT2D eigenvalue weighted by atomic mass is 10.2. The summed E-state index contributed by atoms with van der Waals surface area (Å²) in [5, 5.41) is 3.41. The van der Waals surface area contributed by atoms with Crippen LogP contribution in [0.25, 0.3) is 0 Å². The largest absolute Gasteiger partial charge is 0.455 e. The van der Waals surface area contributed by atoms with Crippen molar-refractivity contribution in [1.82, 2.24) is 4.90 Å². The van der Waals surface area contributed by atoms with Gasteiger partial charge >= 0.3 is 6.09 Å². The van der Waals surface area contributed by atoms with Gasteiger partial charge in [0.2, 0.25) is 0 Å². The van der Waals surface area contributed by atoms with Crippen molar-refractivity contribution in [1.29, 1.82) is 0 Å². The molecule has 2 aromatic carbocycles. The molecule has 1 saturated heterocycles. The second-order valence-electron chi connectivity index (χ2n) is 6.72. The number of nitrogens with one attached hydrogen (secondary N) is 2. The SMILES string of the molecule is CCOC(=O)N1CC[NH+](CC(=O)Nc2cc(Cl)ccc2Oc2ccccc2)CC1. The molecule has 1 fully saturated rings. The van der Waals surface area contributed by atoms with Crippen LogP contribution in [0.1, 0.15) is 6.92 Å². The van der Waals surface area contributed by atoms with E-state index in [1.165, 1.54) is 0 Å². The Morgan fingerprint density at radius 2 is 1.86 bits per heavy atom. The van der Waals surface area contributed by atoms with Crippen LogP contribution in [0.15, 0.2) is 48.5 Å². The van der Waals surface area contributed by atoms with E-state index in [-0.39, 0.29) is 12.0 Å². The summed E-state index contributed by atoms with van der Waals surface area (Å²) in [4.78, 5) is 27.1. The van der Waals surface area contributed by atoms with Crippen molar-refractivity contribution in [3.63, 3.8) is 0 Å². The van der Waals surface area contributed by atoms with Gasteiger partial charge in [0.15, 0.2) is 12.3 Å². The van der Waals surface area contributed by atoms with Crippen LogP contribution in [-0.2, 0) is 9.53 Å². The fraction of sp³-hybridized carbons (Fsp3) is 0.333. The topological polar surface area (TPSA) is 72.3 Å². The number of carbonyl (C=O) groups excluding carboxylic acids is 2. The summed E-state index contributed by atoms with van der Waals surface area (Å²) in [7, 11) is 0. The standard InChI is InChI=1S/C21H24ClN3O4/c1-2-28-21(27)25-12-10-24(11-13-25)15-20(26)23-18-14-16(22)8-9-19(18)29-17-6-4-3-5-7-17/h3-9,14H,2,10-13,15H2,1H3,(H,23,26)/p+1. The molecule has 1 aliphatic heterocycles. The smallest absolute Gasteiger partial charge is 0.410 e. The Hall–Kier alpha value is -2.77. The Balaban J connectivity index is 1.57. The third-order valence-electron chi connectivity index (χ3n) is 4.59. The molecule has 0 atom stereocenters. The molecule has 7 nitrogen and oxygen atoms in total. The lowest BCUT2D eigenvalue weighted by Crippen LogP contribution is -3.15. The quantitative estimate of drug-likeness (QED) is 0.755. The highest BCUT2D eigenvalue weighted by molar-refractivity contribution is 6.31. The van der Waals surface area contributed by atoms with Crippen molar-refractivity contribution < 1.29 is 24.0 Å². The normalized spacial score (nSPS) is 14.3. The van der Waals surface area contributed by atoms with Gasteiger partial charge in [0, 0.05) is 5.02 Å². The minimum Gasteiger partial charge on any atom is -0.455 e. The Kier molecular flexibility index (Phi) is 7.32. The molecule has 0 bridgehead atoms. The predicted molar refractivity (Wildman–Crippen MR) is 111 cm³/mol. The molecule has 3 rings (SSSR count). The third-order valence-corrected chi connectivity index (χ3v) is 4.83. The summed E-state index contributed by atoms with van der Waals surface area (Å²) in [6.45, 7) is 4.97. The van der Waals surface area contributed by atoms with Gasteiger partial charge in [-0.05, 0) is 37.3 Å². The molecule has 0 aromatic heterocycles. The number of hydrogen-bond donors (Lipinski definition) is 2. The molecular weight excluding hydrogens is 394 g/mol. The first-order valence-corrected chi connectivity index (χ1v) is 10.0. The molecule has 154 valence electrons. The number of nitrogens with zero attached hydrogens (tertiary/aromatic N) is 1. The van der Waals surface area contributed by atoms with Crippen LogP contribution < -0.4 is 15.0 Å². The fourth-order valence-corrected chi connectivity index (χ4v) is 3.30. The van der Waals surface area contributed by atoms with Crippen molar-refractivity contribution in [2.45, 2.75) is 6.92 Å². The van der Waals surface area contributed by atoms with Gasteiger partial charge in [-0.2, -0.15) is 0 Å². The molecule has 0 unspecified atom stereocenters. The molecule has 0 aliphatic carbocycles. The van der Waals surface area contributed by atoms with Crippen molar-refractivity contribution in [2.75, 3.05) is 44.6 Å². The van der Waals surface area contributed by atoms with Crippen molar-refractivity contribution in [2.24, 2.45) is 0 Å². The molecule has 0 radical (unpaired) electrons. The fourth-order valence-electron chi connectivity index (χ4n) is 3.12.